The van der Waals surface area contributed by atoms with Gasteiger partial charge >= 0.3 is 0 Å². The summed E-state index contributed by atoms with van der Waals surface area (Å²) in [5.74, 6) is 1.06. The van der Waals surface area contributed by atoms with Crippen molar-refractivity contribution in [3.05, 3.63) is 129 Å². The second kappa shape index (κ2) is 7.92. The van der Waals surface area contributed by atoms with Crippen molar-refractivity contribution in [3.8, 4) is 17.6 Å². The Hall–Kier alpha value is -5.67. The molecular weight excluding hydrogens is 498 g/mol. The maximum Gasteiger partial charge on any atom is 0.201 e. The van der Waals surface area contributed by atoms with E-state index in [2.05, 4.69) is 35.2 Å². The number of ether oxygens (including phenoxy) is 1. The van der Waals surface area contributed by atoms with E-state index in [1.54, 1.807) is 36.4 Å². The van der Waals surface area contributed by atoms with Crippen LogP contribution in [-0.4, -0.2) is 4.40 Å². The van der Waals surface area contributed by atoms with Crippen molar-refractivity contribution in [1.82, 2.24) is 4.40 Å². The highest BCUT2D eigenvalue weighted by atomic mass is 16.5. The topological polar surface area (TPSA) is 74.8 Å². The molecule has 0 saturated carbocycles. The minimum Gasteiger partial charge on any atom is -0.452 e. The number of aromatic nitrogens is 1. The lowest BCUT2D eigenvalue weighted by molar-refractivity contribution is 0.482. The van der Waals surface area contributed by atoms with E-state index in [1.807, 2.05) is 47.7 Å². The number of pyridine rings is 2. The van der Waals surface area contributed by atoms with Crippen LogP contribution in [0.5, 0.6) is 11.5 Å². The van der Waals surface area contributed by atoms with Gasteiger partial charge in [0, 0.05) is 21.8 Å². The van der Waals surface area contributed by atoms with E-state index in [9.17, 15) is 14.9 Å². The fourth-order valence-corrected chi connectivity index (χ4v) is 6.03. The van der Waals surface area contributed by atoms with E-state index in [4.69, 9.17) is 4.74 Å². The Morgan fingerprint density at radius 1 is 0.700 bits per heavy atom. The first kappa shape index (κ1) is 22.3. The molecule has 0 bridgehead atoms. The molecule has 5 aromatic carbocycles. The van der Waals surface area contributed by atoms with Gasteiger partial charge in [-0.15, -0.1) is 0 Å². The molecule has 0 spiro atoms. The number of fused-ring (bicyclic) bond motifs is 7. The third-order valence-electron chi connectivity index (χ3n) is 7.81. The Morgan fingerprint density at radius 2 is 1.40 bits per heavy atom. The molecule has 2 aromatic heterocycles. The van der Waals surface area contributed by atoms with Crippen LogP contribution in [0.2, 0.25) is 0 Å². The van der Waals surface area contributed by atoms with Crippen molar-refractivity contribution in [1.29, 1.82) is 5.26 Å². The molecule has 0 amide bonds. The molecule has 0 aliphatic carbocycles. The van der Waals surface area contributed by atoms with Gasteiger partial charge in [0.2, 0.25) is 5.43 Å². The Balaban J connectivity index is 1.60. The van der Waals surface area contributed by atoms with Crippen LogP contribution in [0.4, 0.5) is 17.1 Å². The van der Waals surface area contributed by atoms with Gasteiger partial charge in [-0.1, -0.05) is 42.0 Å². The van der Waals surface area contributed by atoms with Crippen LogP contribution in [-0.2, 0) is 0 Å². The first-order valence-electron chi connectivity index (χ1n) is 12.9. The van der Waals surface area contributed by atoms with Crippen molar-refractivity contribution >= 4 is 55.2 Å². The predicted molar refractivity (Wildman–Crippen MR) is 158 cm³/mol. The number of benzene rings is 5. The summed E-state index contributed by atoms with van der Waals surface area (Å²) < 4.78 is 8.41. The highest BCUT2D eigenvalue weighted by Crippen LogP contribution is 2.52. The zero-order chi connectivity index (χ0) is 27.1. The summed E-state index contributed by atoms with van der Waals surface area (Å²) in [6.07, 6.45) is 0. The van der Waals surface area contributed by atoms with Crippen molar-refractivity contribution in [2.75, 3.05) is 4.90 Å². The molecule has 6 nitrogen and oxygen atoms in total. The fraction of sp³-hybridized carbons (Fsp3) is 0.0294. The maximum absolute atomic E-state index is 14.3. The first-order valence-corrected chi connectivity index (χ1v) is 12.9. The van der Waals surface area contributed by atoms with Gasteiger partial charge in [-0.05, 0) is 67.6 Å². The normalized spacial score (nSPS) is 12.4. The van der Waals surface area contributed by atoms with Crippen LogP contribution in [0.25, 0.3) is 38.1 Å². The van der Waals surface area contributed by atoms with Gasteiger partial charge in [0.05, 0.1) is 38.9 Å². The lowest BCUT2D eigenvalue weighted by Gasteiger charge is -2.33. The molecule has 7 aromatic rings. The number of hydrogen-bond donors (Lipinski definition) is 0. The number of nitriles is 1. The molecule has 0 N–H and O–H groups in total. The summed E-state index contributed by atoms with van der Waals surface area (Å²) in [6, 6.07) is 32.4. The van der Waals surface area contributed by atoms with Gasteiger partial charge in [0.25, 0.3) is 0 Å². The van der Waals surface area contributed by atoms with Crippen LogP contribution in [0.15, 0.2) is 107 Å². The summed E-state index contributed by atoms with van der Waals surface area (Å²) in [5.41, 5.74) is 5.17. The van der Waals surface area contributed by atoms with Gasteiger partial charge in [0.15, 0.2) is 16.9 Å². The summed E-state index contributed by atoms with van der Waals surface area (Å²) >= 11 is 0. The molecule has 0 radical (unpaired) electrons. The third-order valence-corrected chi connectivity index (χ3v) is 7.81. The number of nitrogens with zero attached hydrogens (tertiary/aromatic N) is 3. The van der Waals surface area contributed by atoms with E-state index in [-0.39, 0.29) is 10.9 Å². The summed E-state index contributed by atoms with van der Waals surface area (Å²) in [4.78, 5) is 29.9. The second-order valence-electron chi connectivity index (χ2n) is 10.1. The van der Waals surface area contributed by atoms with Gasteiger partial charge in [-0.3, -0.25) is 9.59 Å². The molecule has 1 aliphatic rings. The van der Waals surface area contributed by atoms with E-state index >= 15 is 0 Å². The quantitative estimate of drug-likeness (QED) is 0.169. The lowest BCUT2D eigenvalue weighted by atomic mass is 10.00. The standard InChI is InChI=1S/C34H19N3O3/c1-19-12-14-21(15-13-19)36-25-10-2-3-11-28(25)40-34-27(36)17-16-26-29(34)33(39)24-9-5-8-23-31(24)37(26)30-20(18-35)6-4-7-22(30)32(23)38/h2-17H,1H3. The number of aryl methyl sites for hydroxylation is 1. The summed E-state index contributed by atoms with van der Waals surface area (Å²) in [5, 5.41) is 11.7. The third kappa shape index (κ3) is 2.81. The van der Waals surface area contributed by atoms with Crippen LogP contribution in [0.3, 0.4) is 0 Å². The molecule has 40 heavy (non-hydrogen) atoms. The van der Waals surface area contributed by atoms with Crippen LogP contribution < -0.4 is 20.5 Å². The summed E-state index contributed by atoms with van der Waals surface area (Å²) in [7, 11) is 0. The van der Waals surface area contributed by atoms with Crippen LogP contribution >= 0.6 is 0 Å². The Labute approximate surface area is 227 Å². The van der Waals surface area contributed by atoms with Gasteiger partial charge < -0.3 is 14.0 Å². The van der Waals surface area contributed by atoms with E-state index < -0.39 is 0 Å². The SMILES string of the molecule is Cc1ccc(N2c3ccccc3Oc3c2ccc2c3c(=O)c3cccc4c(=O)c5cccc(C#N)c5n2c43)cc1. The number of para-hydroxylation sites is 4. The number of rotatable bonds is 1. The second-order valence-corrected chi connectivity index (χ2v) is 10.1. The zero-order valence-electron chi connectivity index (χ0n) is 21.3. The van der Waals surface area contributed by atoms with Crippen molar-refractivity contribution in [2.24, 2.45) is 0 Å². The minimum absolute atomic E-state index is 0.204. The highest BCUT2D eigenvalue weighted by molar-refractivity contribution is 6.11. The van der Waals surface area contributed by atoms with Crippen molar-refractivity contribution in [2.45, 2.75) is 6.92 Å². The highest BCUT2D eigenvalue weighted by Gasteiger charge is 2.30. The van der Waals surface area contributed by atoms with Crippen LogP contribution in [0, 0.1) is 18.3 Å². The van der Waals surface area contributed by atoms with Crippen molar-refractivity contribution < 1.29 is 4.74 Å². The molecule has 0 atom stereocenters. The van der Waals surface area contributed by atoms with E-state index in [1.165, 1.54) is 0 Å². The first-order chi connectivity index (χ1) is 19.6. The zero-order valence-corrected chi connectivity index (χ0v) is 21.3. The van der Waals surface area contributed by atoms with Gasteiger partial charge in [0.1, 0.15) is 6.07 Å². The molecular formula is C34H19N3O3. The molecule has 188 valence electrons. The lowest BCUT2D eigenvalue weighted by Crippen LogP contribution is -2.19. The Morgan fingerprint density at radius 3 is 2.17 bits per heavy atom. The van der Waals surface area contributed by atoms with Crippen LogP contribution in [0.1, 0.15) is 11.1 Å². The summed E-state index contributed by atoms with van der Waals surface area (Å²) in [6.45, 7) is 2.04. The average Bonchev–Trinajstić information content (AvgIpc) is 2.99. The smallest absolute Gasteiger partial charge is 0.201 e. The molecule has 0 unspecified atom stereocenters. The molecule has 8 rings (SSSR count). The average molecular weight is 518 g/mol. The number of hydrogen-bond acceptors (Lipinski definition) is 5. The monoisotopic (exact) mass is 517 g/mol. The number of anilines is 3. The Bertz CT molecular complexity index is 2370. The fourth-order valence-electron chi connectivity index (χ4n) is 6.03. The molecule has 6 heteroatoms. The molecule has 0 fully saturated rings. The maximum atomic E-state index is 14.3. The molecule has 0 saturated heterocycles. The van der Waals surface area contributed by atoms with Crippen molar-refractivity contribution in [3.63, 3.8) is 0 Å². The van der Waals surface area contributed by atoms with E-state index in [0.717, 1.165) is 22.6 Å². The minimum atomic E-state index is -0.228. The molecule has 1 aliphatic heterocycles. The van der Waals surface area contributed by atoms with E-state index in [0.29, 0.717) is 55.2 Å². The largest absolute Gasteiger partial charge is 0.452 e. The Kier molecular flexibility index (Phi) is 4.42. The van der Waals surface area contributed by atoms with Gasteiger partial charge in [-0.25, -0.2) is 0 Å². The predicted octanol–water partition coefficient (Wildman–Crippen LogP) is 7.31. The molecule has 3 heterocycles. The van der Waals surface area contributed by atoms with Gasteiger partial charge in [-0.2, -0.15) is 5.26 Å².